The second-order valence-corrected chi connectivity index (χ2v) is 8.23. The molecular weight excluding hydrogens is 413 g/mol. The van der Waals surface area contributed by atoms with E-state index in [0.29, 0.717) is 12.3 Å². The summed E-state index contributed by atoms with van der Waals surface area (Å²) in [4.78, 5) is 16.5. The van der Waals surface area contributed by atoms with Crippen molar-refractivity contribution < 1.29 is 9.18 Å². The molecule has 0 atom stereocenters. The maximum absolute atomic E-state index is 13.1. The first kappa shape index (κ1) is 21.1. The van der Waals surface area contributed by atoms with Crippen molar-refractivity contribution in [2.24, 2.45) is 0 Å². The minimum atomic E-state index is -0.218. The molecule has 8 heteroatoms. The molecule has 2 aromatic carbocycles. The van der Waals surface area contributed by atoms with Crippen molar-refractivity contribution in [3.8, 4) is 0 Å². The minimum Gasteiger partial charge on any atom is -0.368 e. The van der Waals surface area contributed by atoms with E-state index < -0.39 is 0 Å². The van der Waals surface area contributed by atoms with Gasteiger partial charge in [-0.1, -0.05) is 42.1 Å². The molecule has 6 nitrogen and oxygen atoms in total. The van der Waals surface area contributed by atoms with E-state index in [1.54, 1.807) is 0 Å². The SMILES string of the molecule is O=C(CSc1ccc(N2CCN(c3ccc(F)cc3)CC2)nn1)NCc1ccccc1. The van der Waals surface area contributed by atoms with Gasteiger partial charge in [-0.15, -0.1) is 10.2 Å². The second kappa shape index (κ2) is 10.3. The number of carbonyl (C=O) groups excluding carboxylic acids is 1. The molecule has 1 aromatic heterocycles. The van der Waals surface area contributed by atoms with Gasteiger partial charge < -0.3 is 15.1 Å². The Hall–Kier alpha value is -3.13. The molecule has 0 bridgehead atoms. The average molecular weight is 438 g/mol. The zero-order valence-electron chi connectivity index (χ0n) is 17.1. The fourth-order valence-electron chi connectivity index (χ4n) is 3.39. The number of rotatable bonds is 7. The number of benzene rings is 2. The van der Waals surface area contributed by atoms with Crippen molar-refractivity contribution in [1.82, 2.24) is 15.5 Å². The van der Waals surface area contributed by atoms with Gasteiger partial charge in [0.05, 0.1) is 5.75 Å². The molecule has 0 aliphatic carbocycles. The Kier molecular flexibility index (Phi) is 6.99. The topological polar surface area (TPSA) is 61.4 Å². The lowest BCUT2D eigenvalue weighted by Gasteiger charge is -2.36. The first-order valence-corrected chi connectivity index (χ1v) is 11.2. The Labute approximate surface area is 185 Å². The number of thioether (sulfide) groups is 1. The van der Waals surface area contributed by atoms with E-state index in [2.05, 4.69) is 25.3 Å². The molecule has 0 saturated carbocycles. The largest absolute Gasteiger partial charge is 0.368 e. The van der Waals surface area contributed by atoms with Gasteiger partial charge in [-0.05, 0) is 42.0 Å². The van der Waals surface area contributed by atoms with Crippen LogP contribution in [0.3, 0.4) is 0 Å². The quantitative estimate of drug-likeness (QED) is 0.572. The van der Waals surface area contributed by atoms with Crippen LogP contribution in [0.25, 0.3) is 0 Å². The highest BCUT2D eigenvalue weighted by molar-refractivity contribution is 7.99. The number of piperazine rings is 1. The van der Waals surface area contributed by atoms with Gasteiger partial charge in [-0.25, -0.2) is 4.39 Å². The lowest BCUT2D eigenvalue weighted by Crippen LogP contribution is -2.46. The predicted octanol–water partition coefficient (Wildman–Crippen LogP) is 3.35. The average Bonchev–Trinajstić information content (AvgIpc) is 2.83. The number of halogens is 1. The summed E-state index contributed by atoms with van der Waals surface area (Å²) in [5.41, 5.74) is 2.11. The molecule has 0 unspecified atom stereocenters. The standard InChI is InChI=1S/C23H24FN5OS/c24-19-6-8-20(9-7-19)28-12-14-29(15-13-28)21-10-11-23(27-26-21)31-17-22(30)25-16-18-4-2-1-3-5-18/h1-11H,12-17H2,(H,25,30). The van der Waals surface area contributed by atoms with E-state index in [1.165, 1.54) is 23.9 Å². The maximum Gasteiger partial charge on any atom is 0.230 e. The Balaban J connectivity index is 1.22. The van der Waals surface area contributed by atoms with Gasteiger partial charge in [-0.2, -0.15) is 0 Å². The summed E-state index contributed by atoms with van der Waals surface area (Å²) in [5, 5.41) is 12.2. The molecule has 1 fully saturated rings. The van der Waals surface area contributed by atoms with Crippen molar-refractivity contribution in [2.75, 3.05) is 41.7 Å². The van der Waals surface area contributed by atoms with Gasteiger partial charge in [0.15, 0.2) is 5.82 Å². The fourth-order valence-corrected chi connectivity index (χ4v) is 4.04. The number of hydrogen-bond acceptors (Lipinski definition) is 6. The molecule has 160 valence electrons. The third kappa shape index (κ3) is 5.95. The highest BCUT2D eigenvalue weighted by Crippen LogP contribution is 2.21. The van der Waals surface area contributed by atoms with Crippen LogP contribution < -0.4 is 15.1 Å². The van der Waals surface area contributed by atoms with E-state index in [4.69, 9.17) is 0 Å². The number of amides is 1. The smallest absolute Gasteiger partial charge is 0.230 e. The monoisotopic (exact) mass is 437 g/mol. The van der Waals surface area contributed by atoms with E-state index >= 15 is 0 Å². The molecule has 0 spiro atoms. The summed E-state index contributed by atoms with van der Waals surface area (Å²) >= 11 is 1.37. The van der Waals surface area contributed by atoms with Crippen molar-refractivity contribution in [2.45, 2.75) is 11.6 Å². The van der Waals surface area contributed by atoms with Gasteiger partial charge in [0, 0.05) is 38.4 Å². The van der Waals surface area contributed by atoms with Gasteiger partial charge in [0.25, 0.3) is 0 Å². The molecule has 1 saturated heterocycles. The van der Waals surface area contributed by atoms with Crippen LogP contribution in [-0.4, -0.2) is 48.0 Å². The Morgan fingerprint density at radius 1 is 0.903 bits per heavy atom. The Morgan fingerprint density at radius 2 is 1.61 bits per heavy atom. The van der Waals surface area contributed by atoms with Crippen molar-refractivity contribution in [3.63, 3.8) is 0 Å². The number of nitrogens with one attached hydrogen (secondary N) is 1. The number of nitrogens with zero attached hydrogens (tertiary/aromatic N) is 4. The Bertz CT molecular complexity index is 977. The van der Waals surface area contributed by atoms with E-state index in [0.717, 1.165) is 48.3 Å². The van der Waals surface area contributed by atoms with E-state index in [-0.39, 0.29) is 11.7 Å². The zero-order chi connectivity index (χ0) is 21.5. The number of anilines is 2. The molecule has 1 aliphatic rings. The van der Waals surface area contributed by atoms with Crippen LogP contribution in [0, 0.1) is 5.82 Å². The van der Waals surface area contributed by atoms with Crippen LogP contribution >= 0.6 is 11.8 Å². The van der Waals surface area contributed by atoms with Crippen LogP contribution in [0.5, 0.6) is 0 Å². The third-order valence-electron chi connectivity index (χ3n) is 5.11. The van der Waals surface area contributed by atoms with Crippen LogP contribution in [-0.2, 0) is 11.3 Å². The van der Waals surface area contributed by atoms with Gasteiger partial charge >= 0.3 is 0 Å². The minimum absolute atomic E-state index is 0.0309. The summed E-state index contributed by atoms with van der Waals surface area (Å²) in [6.45, 7) is 3.84. The summed E-state index contributed by atoms with van der Waals surface area (Å²) in [6.07, 6.45) is 0. The Morgan fingerprint density at radius 3 is 2.29 bits per heavy atom. The maximum atomic E-state index is 13.1. The molecule has 1 N–H and O–H groups in total. The lowest BCUT2D eigenvalue weighted by molar-refractivity contribution is -0.118. The third-order valence-corrected chi connectivity index (χ3v) is 6.03. The van der Waals surface area contributed by atoms with Crippen LogP contribution in [0.4, 0.5) is 15.9 Å². The van der Waals surface area contributed by atoms with E-state index in [1.807, 2.05) is 54.6 Å². The van der Waals surface area contributed by atoms with E-state index in [9.17, 15) is 9.18 Å². The molecule has 3 aromatic rings. The van der Waals surface area contributed by atoms with Gasteiger partial charge in [0.2, 0.25) is 5.91 Å². The van der Waals surface area contributed by atoms with Gasteiger partial charge in [0.1, 0.15) is 10.8 Å². The highest BCUT2D eigenvalue weighted by Gasteiger charge is 2.19. The first-order valence-electron chi connectivity index (χ1n) is 10.2. The first-order chi connectivity index (χ1) is 15.2. The lowest BCUT2D eigenvalue weighted by atomic mass is 10.2. The highest BCUT2D eigenvalue weighted by atomic mass is 32.2. The molecule has 1 aliphatic heterocycles. The summed E-state index contributed by atoms with van der Waals surface area (Å²) in [5.74, 6) is 0.884. The molecule has 4 rings (SSSR count). The molecule has 2 heterocycles. The summed E-state index contributed by atoms with van der Waals surface area (Å²) in [6, 6.07) is 20.3. The van der Waals surface area contributed by atoms with Crippen molar-refractivity contribution >= 4 is 29.2 Å². The molecule has 1 amide bonds. The number of hydrogen-bond donors (Lipinski definition) is 1. The molecular formula is C23H24FN5OS. The van der Waals surface area contributed by atoms with Crippen LogP contribution in [0.15, 0.2) is 71.8 Å². The zero-order valence-corrected chi connectivity index (χ0v) is 17.9. The second-order valence-electron chi connectivity index (χ2n) is 7.23. The van der Waals surface area contributed by atoms with Crippen molar-refractivity contribution in [1.29, 1.82) is 0 Å². The van der Waals surface area contributed by atoms with Gasteiger partial charge in [-0.3, -0.25) is 4.79 Å². The predicted molar refractivity (Wildman–Crippen MR) is 122 cm³/mol. The normalized spacial score (nSPS) is 13.8. The van der Waals surface area contributed by atoms with Crippen LogP contribution in [0.1, 0.15) is 5.56 Å². The summed E-state index contributed by atoms with van der Waals surface area (Å²) < 4.78 is 13.1. The number of aromatic nitrogens is 2. The molecule has 31 heavy (non-hydrogen) atoms. The fraction of sp³-hybridized carbons (Fsp3) is 0.261. The van der Waals surface area contributed by atoms with Crippen molar-refractivity contribution in [3.05, 3.63) is 78.1 Å². The summed E-state index contributed by atoms with van der Waals surface area (Å²) in [7, 11) is 0. The number of carbonyl (C=O) groups is 1. The molecule has 0 radical (unpaired) electrons. The van der Waals surface area contributed by atoms with Crippen LogP contribution in [0.2, 0.25) is 0 Å².